The highest BCUT2D eigenvalue weighted by molar-refractivity contribution is 5.45. The van der Waals surface area contributed by atoms with Crippen molar-refractivity contribution in [1.29, 1.82) is 0 Å². The molecule has 2 aromatic rings. The van der Waals surface area contributed by atoms with Gasteiger partial charge in [-0.3, -0.25) is 0 Å². The molecule has 4 heteroatoms. The first kappa shape index (κ1) is 9.27. The Morgan fingerprint density at radius 2 is 2.19 bits per heavy atom. The normalized spacial score (nSPS) is 13.1. The highest BCUT2D eigenvalue weighted by Gasteiger charge is 2.13. The van der Waals surface area contributed by atoms with E-state index in [0.29, 0.717) is 6.79 Å². The number of ether oxygens (including phenoxy) is 2. The lowest BCUT2D eigenvalue weighted by Crippen LogP contribution is -1.93. The Hall–Kier alpha value is -1.97. The summed E-state index contributed by atoms with van der Waals surface area (Å²) in [6.45, 7) is 0.322. The van der Waals surface area contributed by atoms with Gasteiger partial charge in [0.05, 0.1) is 12.0 Å². The molecule has 0 atom stereocenters. The van der Waals surface area contributed by atoms with E-state index in [9.17, 15) is 0 Å². The summed E-state index contributed by atoms with van der Waals surface area (Å²) >= 11 is 0. The van der Waals surface area contributed by atoms with E-state index in [4.69, 9.17) is 9.47 Å². The largest absolute Gasteiger partial charge is 0.454 e. The van der Waals surface area contributed by atoms with Crippen LogP contribution < -0.4 is 9.47 Å². The van der Waals surface area contributed by atoms with Gasteiger partial charge in [0, 0.05) is 19.7 Å². The molecule has 0 saturated carbocycles. The highest BCUT2D eigenvalue weighted by Crippen LogP contribution is 2.32. The van der Waals surface area contributed by atoms with Crippen LogP contribution in [0, 0.1) is 0 Å². The second kappa shape index (κ2) is 3.56. The fourth-order valence-electron chi connectivity index (χ4n) is 1.82. The Balaban J connectivity index is 1.85. The second-order valence-corrected chi connectivity index (χ2v) is 3.89. The van der Waals surface area contributed by atoms with E-state index in [-0.39, 0.29) is 0 Å². The van der Waals surface area contributed by atoms with E-state index >= 15 is 0 Å². The minimum atomic E-state index is 0.322. The number of fused-ring (bicyclic) bond motifs is 1. The topological polar surface area (TPSA) is 36.3 Å². The molecule has 4 nitrogen and oxygen atoms in total. The number of aryl methyl sites for hydroxylation is 1. The van der Waals surface area contributed by atoms with Crippen LogP contribution >= 0.6 is 0 Å². The second-order valence-electron chi connectivity index (χ2n) is 3.89. The monoisotopic (exact) mass is 216 g/mol. The average molecular weight is 216 g/mol. The van der Waals surface area contributed by atoms with Crippen LogP contribution in [0.15, 0.2) is 30.7 Å². The van der Waals surface area contributed by atoms with Crippen molar-refractivity contribution in [3.05, 3.63) is 42.0 Å². The van der Waals surface area contributed by atoms with E-state index in [0.717, 1.165) is 23.6 Å². The molecule has 0 fully saturated rings. The zero-order valence-corrected chi connectivity index (χ0v) is 9.01. The van der Waals surface area contributed by atoms with Crippen LogP contribution in [0.25, 0.3) is 0 Å². The molecule has 1 aromatic heterocycles. The van der Waals surface area contributed by atoms with Gasteiger partial charge in [0.1, 0.15) is 0 Å². The molecule has 0 spiro atoms. The van der Waals surface area contributed by atoms with Gasteiger partial charge in [-0.1, -0.05) is 6.07 Å². The number of rotatable bonds is 2. The third-order valence-electron chi connectivity index (χ3n) is 2.58. The van der Waals surface area contributed by atoms with Crippen LogP contribution in [-0.2, 0) is 13.5 Å². The molecule has 0 saturated heterocycles. The predicted molar refractivity (Wildman–Crippen MR) is 58.6 cm³/mol. The van der Waals surface area contributed by atoms with E-state index in [1.54, 1.807) is 0 Å². The molecule has 0 bridgehead atoms. The fraction of sp³-hybridized carbons (Fsp3) is 0.250. The maximum absolute atomic E-state index is 5.33. The Morgan fingerprint density at radius 3 is 3.00 bits per heavy atom. The van der Waals surface area contributed by atoms with Crippen LogP contribution in [-0.4, -0.2) is 16.3 Å². The smallest absolute Gasteiger partial charge is 0.231 e. The summed E-state index contributed by atoms with van der Waals surface area (Å²) in [5.41, 5.74) is 2.24. The van der Waals surface area contributed by atoms with Crippen molar-refractivity contribution in [2.75, 3.05) is 6.79 Å². The molecule has 0 N–H and O–H groups in total. The SMILES string of the molecule is Cn1cnc(Cc2ccc3c(c2)OCO3)c1. The van der Waals surface area contributed by atoms with Crippen molar-refractivity contribution < 1.29 is 9.47 Å². The quantitative estimate of drug-likeness (QED) is 0.767. The van der Waals surface area contributed by atoms with E-state index in [1.807, 2.05) is 42.3 Å². The lowest BCUT2D eigenvalue weighted by molar-refractivity contribution is 0.174. The van der Waals surface area contributed by atoms with Crippen molar-refractivity contribution in [3.63, 3.8) is 0 Å². The van der Waals surface area contributed by atoms with Gasteiger partial charge < -0.3 is 14.0 Å². The first-order valence-electron chi connectivity index (χ1n) is 5.16. The number of aromatic nitrogens is 2. The molecule has 0 unspecified atom stereocenters. The summed E-state index contributed by atoms with van der Waals surface area (Å²) in [7, 11) is 1.97. The van der Waals surface area contributed by atoms with Gasteiger partial charge in [0.2, 0.25) is 6.79 Å². The first-order valence-corrected chi connectivity index (χ1v) is 5.16. The number of nitrogens with zero attached hydrogens (tertiary/aromatic N) is 2. The molecule has 2 heterocycles. The highest BCUT2D eigenvalue weighted by atomic mass is 16.7. The minimum Gasteiger partial charge on any atom is -0.454 e. The molecule has 1 aromatic carbocycles. The van der Waals surface area contributed by atoms with E-state index in [2.05, 4.69) is 4.98 Å². The molecule has 16 heavy (non-hydrogen) atoms. The third-order valence-corrected chi connectivity index (χ3v) is 2.58. The van der Waals surface area contributed by atoms with Gasteiger partial charge in [-0.2, -0.15) is 0 Å². The number of imidazole rings is 1. The molecular weight excluding hydrogens is 204 g/mol. The van der Waals surface area contributed by atoms with Crippen molar-refractivity contribution in [1.82, 2.24) is 9.55 Å². The molecule has 0 amide bonds. The van der Waals surface area contributed by atoms with Gasteiger partial charge in [-0.25, -0.2) is 4.98 Å². The van der Waals surface area contributed by atoms with Gasteiger partial charge in [0.15, 0.2) is 11.5 Å². The van der Waals surface area contributed by atoms with Crippen LogP contribution in [0.2, 0.25) is 0 Å². The van der Waals surface area contributed by atoms with E-state index < -0.39 is 0 Å². The van der Waals surface area contributed by atoms with Gasteiger partial charge in [-0.15, -0.1) is 0 Å². The number of hydrogen-bond acceptors (Lipinski definition) is 3. The lowest BCUT2D eigenvalue weighted by atomic mass is 10.1. The van der Waals surface area contributed by atoms with Crippen LogP contribution in [0.1, 0.15) is 11.3 Å². The Labute approximate surface area is 93.4 Å². The van der Waals surface area contributed by atoms with Crippen LogP contribution in [0.5, 0.6) is 11.5 Å². The molecule has 1 aliphatic rings. The summed E-state index contributed by atoms with van der Waals surface area (Å²) in [4.78, 5) is 4.30. The summed E-state index contributed by atoms with van der Waals surface area (Å²) < 4.78 is 12.5. The van der Waals surface area contributed by atoms with Crippen LogP contribution in [0.4, 0.5) is 0 Å². The summed E-state index contributed by atoms with van der Waals surface area (Å²) in [6, 6.07) is 6.00. The standard InChI is InChI=1S/C12H12N2O2/c1-14-6-10(13-7-14)4-9-2-3-11-12(5-9)16-8-15-11/h2-3,5-7H,4,8H2,1H3. The average Bonchev–Trinajstić information content (AvgIpc) is 2.87. The van der Waals surface area contributed by atoms with Gasteiger partial charge in [0.25, 0.3) is 0 Å². The predicted octanol–water partition coefficient (Wildman–Crippen LogP) is 1.74. The zero-order chi connectivity index (χ0) is 11.0. The Bertz CT molecular complexity index is 519. The van der Waals surface area contributed by atoms with E-state index in [1.165, 1.54) is 5.56 Å². The zero-order valence-electron chi connectivity index (χ0n) is 9.01. The number of hydrogen-bond donors (Lipinski definition) is 0. The van der Waals surface area contributed by atoms with Gasteiger partial charge in [-0.05, 0) is 17.7 Å². The molecular formula is C12H12N2O2. The molecule has 3 rings (SSSR count). The van der Waals surface area contributed by atoms with Crippen molar-refractivity contribution in [2.24, 2.45) is 7.05 Å². The lowest BCUT2D eigenvalue weighted by Gasteiger charge is -2.00. The van der Waals surface area contributed by atoms with Crippen LogP contribution in [0.3, 0.4) is 0 Å². The van der Waals surface area contributed by atoms with Gasteiger partial charge >= 0.3 is 0 Å². The minimum absolute atomic E-state index is 0.322. The summed E-state index contributed by atoms with van der Waals surface area (Å²) in [5.74, 6) is 1.65. The molecule has 0 radical (unpaired) electrons. The maximum atomic E-state index is 5.33. The Morgan fingerprint density at radius 1 is 1.31 bits per heavy atom. The maximum Gasteiger partial charge on any atom is 0.231 e. The summed E-state index contributed by atoms with van der Waals surface area (Å²) in [6.07, 6.45) is 4.64. The third kappa shape index (κ3) is 1.62. The molecule has 82 valence electrons. The Kier molecular flexibility index (Phi) is 2.06. The van der Waals surface area contributed by atoms with Crippen molar-refractivity contribution in [3.8, 4) is 11.5 Å². The summed E-state index contributed by atoms with van der Waals surface area (Å²) in [5, 5.41) is 0. The van der Waals surface area contributed by atoms with Crippen molar-refractivity contribution >= 4 is 0 Å². The number of benzene rings is 1. The van der Waals surface area contributed by atoms with Crippen molar-refractivity contribution in [2.45, 2.75) is 6.42 Å². The molecule has 1 aliphatic heterocycles. The fourth-order valence-corrected chi connectivity index (χ4v) is 1.82. The molecule has 0 aliphatic carbocycles. The first-order chi connectivity index (χ1) is 7.81.